The Labute approximate surface area is 234 Å². The van der Waals surface area contributed by atoms with Gasteiger partial charge in [-0.25, -0.2) is 0 Å². The van der Waals surface area contributed by atoms with Gasteiger partial charge in [-0.15, -0.1) is 0 Å². The average Bonchev–Trinajstić information content (AvgIpc) is 2.83. The Morgan fingerprint density at radius 1 is 0.917 bits per heavy atom. The molecule has 0 aliphatic heterocycles. The Hall–Kier alpha value is -2.25. The van der Waals surface area contributed by atoms with E-state index in [9.17, 15) is 9.59 Å². The zero-order valence-electron chi connectivity index (χ0n) is 19.8. The van der Waals surface area contributed by atoms with Crippen LogP contribution in [-0.2, 0) is 22.6 Å². The zero-order valence-corrected chi connectivity index (χ0v) is 23.7. The Balaban J connectivity index is 1.94. The summed E-state index contributed by atoms with van der Waals surface area (Å²) in [6, 6.07) is 18.9. The number of carbonyl (C=O) groups is 2. The third-order valence-electron chi connectivity index (χ3n) is 5.28. The fourth-order valence-electron chi connectivity index (χ4n) is 3.58. The Morgan fingerprint density at radius 3 is 2.28 bits per heavy atom. The minimum absolute atomic E-state index is 0.101. The third-order valence-corrected chi connectivity index (χ3v) is 6.81. The van der Waals surface area contributed by atoms with Crippen molar-refractivity contribution in [1.82, 2.24) is 10.2 Å². The summed E-state index contributed by atoms with van der Waals surface area (Å²) in [6.45, 7) is 3.58. The van der Waals surface area contributed by atoms with Gasteiger partial charge in [0.25, 0.3) is 5.91 Å². The van der Waals surface area contributed by atoms with Gasteiger partial charge in [0.15, 0.2) is 6.61 Å². The lowest BCUT2D eigenvalue weighted by Crippen LogP contribution is -2.52. The normalized spacial score (nSPS) is 11.8. The molecule has 36 heavy (non-hydrogen) atoms. The van der Waals surface area contributed by atoms with E-state index in [1.807, 2.05) is 44.2 Å². The van der Waals surface area contributed by atoms with E-state index in [2.05, 4.69) is 21.2 Å². The lowest BCUT2D eigenvalue weighted by molar-refractivity contribution is -0.143. The highest BCUT2D eigenvalue weighted by atomic mass is 79.9. The van der Waals surface area contributed by atoms with E-state index in [0.717, 1.165) is 15.6 Å². The molecule has 0 saturated heterocycles. The van der Waals surface area contributed by atoms with Crippen molar-refractivity contribution in [3.63, 3.8) is 0 Å². The van der Waals surface area contributed by atoms with Gasteiger partial charge in [0.2, 0.25) is 5.91 Å². The molecule has 0 saturated carbocycles. The molecule has 0 heterocycles. The first kappa shape index (κ1) is 28.3. The number of nitrogens with one attached hydrogen (secondary N) is 1. The van der Waals surface area contributed by atoms with Crippen LogP contribution >= 0.6 is 50.7 Å². The van der Waals surface area contributed by atoms with E-state index in [1.54, 1.807) is 36.4 Å². The molecule has 2 amide bonds. The monoisotopic (exact) mass is 610 g/mol. The minimum Gasteiger partial charge on any atom is -0.482 e. The maximum Gasteiger partial charge on any atom is 0.261 e. The summed E-state index contributed by atoms with van der Waals surface area (Å²) in [4.78, 5) is 28.5. The zero-order chi connectivity index (χ0) is 26.2. The number of hydrogen-bond donors (Lipinski definition) is 1. The second-order valence-electron chi connectivity index (χ2n) is 8.50. The molecule has 0 aliphatic carbocycles. The number of carbonyl (C=O) groups excluding carboxylic acids is 2. The summed E-state index contributed by atoms with van der Waals surface area (Å²) in [5.41, 5.74) is 1.65. The van der Waals surface area contributed by atoms with Crippen molar-refractivity contribution < 1.29 is 14.3 Å². The van der Waals surface area contributed by atoms with Crippen molar-refractivity contribution in [3.05, 3.63) is 97.4 Å². The molecule has 1 atom stereocenters. The minimum atomic E-state index is -0.791. The van der Waals surface area contributed by atoms with Crippen LogP contribution in [0.25, 0.3) is 0 Å². The predicted molar refractivity (Wildman–Crippen MR) is 149 cm³/mol. The summed E-state index contributed by atoms with van der Waals surface area (Å²) >= 11 is 21.9. The predicted octanol–water partition coefficient (Wildman–Crippen LogP) is 6.95. The van der Waals surface area contributed by atoms with Gasteiger partial charge in [-0.3, -0.25) is 9.59 Å². The Kier molecular flexibility index (Phi) is 10.5. The molecule has 0 radical (unpaired) electrons. The van der Waals surface area contributed by atoms with Crippen LogP contribution in [0.15, 0.2) is 71.2 Å². The molecule has 0 aliphatic rings. The fraction of sp³-hybridized carbons (Fsp3) is 0.259. The molecular formula is C27H26BrCl3N2O3. The van der Waals surface area contributed by atoms with Gasteiger partial charge < -0.3 is 15.0 Å². The van der Waals surface area contributed by atoms with Gasteiger partial charge in [-0.05, 0) is 55.3 Å². The average molecular weight is 613 g/mol. The largest absolute Gasteiger partial charge is 0.482 e. The molecule has 0 fully saturated rings. The van der Waals surface area contributed by atoms with Gasteiger partial charge in [0.1, 0.15) is 11.8 Å². The molecule has 0 bridgehead atoms. The Bertz CT molecular complexity index is 1210. The molecule has 5 nitrogen and oxygen atoms in total. The van der Waals surface area contributed by atoms with Crippen molar-refractivity contribution in [3.8, 4) is 5.75 Å². The highest BCUT2D eigenvalue weighted by Crippen LogP contribution is 2.28. The smallest absolute Gasteiger partial charge is 0.261 e. The highest BCUT2D eigenvalue weighted by molar-refractivity contribution is 9.10. The van der Waals surface area contributed by atoms with E-state index in [1.165, 1.54) is 4.90 Å². The maximum absolute atomic E-state index is 13.6. The molecule has 3 rings (SSSR count). The topological polar surface area (TPSA) is 58.6 Å². The van der Waals surface area contributed by atoms with Crippen molar-refractivity contribution in [2.24, 2.45) is 0 Å². The van der Waals surface area contributed by atoms with E-state index < -0.39 is 6.04 Å². The van der Waals surface area contributed by atoms with Gasteiger partial charge in [0, 0.05) is 23.5 Å². The summed E-state index contributed by atoms with van der Waals surface area (Å²) in [5, 5.41) is 4.09. The van der Waals surface area contributed by atoms with Crippen LogP contribution in [0.2, 0.25) is 15.1 Å². The number of hydrogen-bond acceptors (Lipinski definition) is 3. The van der Waals surface area contributed by atoms with Crippen molar-refractivity contribution in [2.45, 2.75) is 38.9 Å². The van der Waals surface area contributed by atoms with Crippen LogP contribution in [0.1, 0.15) is 25.0 Å². The van der Waals surface area contributed by atoms with Gasteiger partial charge in [-0.2, -0.15) is 0 Å². The second-order valence-corrected chi connectivity index (χ2v) is 10.6. The summed E-state index contributed by atoms with van der Waals surface area (Å²) in [6.07, 6.45) is 0.325. The van der Waals surface area contributed by atoms with E-state index in [0.29, 0.717) is 27.2 Å². The maximum atomic E-state index is 13.6. The number of nitrogens with zero attached hydrogens (tertiary/aromatic N) is 1. The highest BCUT2D eigenvalue weighted by Gasteiger charge is 2.31. The van der Waals surface area contributed by atoms with Crippen molar-refractivity contribution in [1.29, 1.82) is 0 Å². The summed E-state index contributed by atoms with van der Waals surface area (Å²) < 4.78 is 6.55. The van der Waals surface area contributed by atoms with Crippen LogP contribution in [0, 0.1) is 0 Å². The quantitative estimate of drug-likeness (QED) is 0.270. The molecule has 1 N–H and O–H groups in total. The first-order chi connectivity index (χ1) is 17.1. The first-order valence-corrected chi connectivity index (χ1v) is 13.2. The fourth-order valence-corrected chi connectivity index (χ4v) is 4.63. The molecule has 3 aromatic carbocycles. The Morgan fingerprint density at radius 2 is 1.64 bits per heavy atom. The lowest BCUT2D eigenvalue weighted by Gasteiger charge is -2.32. The molecule has 190 valence electrons. The van der Waals surface area contributed by atoms with Crippen LogP contribution in [0.5, 0.6) is 5.75 Å². The van der Waals surface area contributed by atoms with Crippen LogP contribution < -0.4 is 10.1 Å². The SMILES string of the molecule is CC(C)NC(=O)[C@H](Cc1ccccc1)N(Cc1ccc(Cl)c(Cl)c1)C(=O)COc1ccc(Br)cc1Cl. The number of benzene rings is 3. The van der Waals surface area contributed by atoms with Crippen molar-refractivity contribution >= 4 is 62.5 Å². The van der Waals surface area contributed by atoms with Crippen molar-refractivity contribution in [2.75, 3.05) is 6.61 Å². The van der Waals surface area contributed by atoms with Crippen LogP contribution in [-0.4, -0.2) is 35.4 Å². The van der Waals surface area contributed by atoms with Gasteiger partial charge in [-0.1, -0.05) is 87.1 Å². The van der Waals surface area contributed by atoms with Crippen LogP contribution in [0.4, 0.5) is 0 Å². The molecule has 0 unspecified atom stereocenters. The molecule has 9 heteroatoms. The molecular weight excluding hydrogens is 587 g/mol. The number of halogens is 4. The van der Waals surface area contributed by atoms with E-state index in [-0.39, 0.29) is 31.0 Å². The summed E-state index contributed by atoms with van der Waals surface area (Å²) in [7, 11) is 0. The van der Waals surface area contributed by atoms with E-state index in [4.69, 9.17) is 39.5 Å². The van der Waals surface area contributed by atoms with Gasteiger partial charge >= 0.3 is 0 Å². The molecule has 3 aromatic rings. The second kappa shape index (κ2) is 13.3. The number of rotatable bonds is 10. The molecule has 0 aromatic heterocycles. The van der Waals surface area contributed by atoms with E-state index >= 15 is 0 Å². The summed E-state index contributed by atoms with van der Waals surface area (Å²) in [5.74, 6) is -0.266. The number of ether oxygens (including phenoxy) is 1. The first-order valence-electron chi connectivity index (χ1n) is 11.3. The lowest BCUT2D eigenvalue weighted by atomic mass is 10.0. The molecule has 0 spiro atoms. The van der Waals surface area contributed by atoms with Crippen LogP contribution in [0.3, 0.4) is 0 Å². The standard InChI is InChI=1S/C27H26BrCl3N2O3/c1-17(2)32-27(35)24(13-18-6-4-3-5-7-18)33(15-19-8-10-21(29)22(30)12-19)26(34)16-36-25-11-9-20(28)14-23(25)31/h3-12,14,17,24H,13,15-16H2,1-2H3,(H,32,35)/t24-/m0/s1. The third kappa shape index (κ3) is 8.13. The van der Waals surface area contributed by atoms with Gasteiger partial charge in [0.05, 0.1) is 15.1 Å². The number of amides is 2.